The minimum atomic E-state index is -0.537. The molecule has 7 heteroatoms. The normalized spacial score (nSPS) is 17.6. The highest BCUT2D eigenvalue weighted by molar-refractivity contribution is 9.10. The molecule has 1 aliphatic rings. The first kappa shape index (κ1) is 17.5. The molecule has 124 valence electrons. The first-order valence-electron chi connectivity index (χ1n) is 7.45. The van der Waals surface area contributed by atoms with Crippen molar-refractivity contribution >= 4 is 39.5 Å². The van der Waals surface area contributed by atoms with Gasteiger partial charge in [0.1, 0.15) is 12.6 Å². The number of amides is 4. The van der Waals surface area contributed by atoms with Gasteiger partial charge in [-0.1, -0.05) is 29.8 Å². The van der Waals surface area contributed by atoms with Crippen molar-refractivity contribution in [2.45, 2.75) is 33.2 Å². The molecule has 1 aromatic carbocycles. The van der Waals surface area contributed by atoms with Crippen LogP contribution in [0.5, 0.6) is 0 Å². The third kappa shape index (κ3) is 4.31. The first-order chi connectivity index (χ1) is 10.8. The van der Waals surface area contributed by atoms with Gasteiger partial charge in [0.15, 0.2) is 0 Å². The van der Waals surface area contributed by atoms with Crippen LogP contribution in [0, 0.1) is 12.8 Å². The highest BCUT2D eigenvalue weighted by Crippen LogP contribution is 2.20. The van der Waals surface area contributed by atoms with Gasteiger partial charge >= 0.3 is 6.03 Å². The number of rotatable bonds is 5. The van der Waals surface area contributed by atoms with Crippen LogP contribution in [0.15, 0.2) is 22.7 Å². The van der Waals surface area contributed by atoms with Crippen LogP contribution in [-0.4, -0.2) is 35.3 Å². The number of halogens is 1. The Labute approximate surface area is 143 Å². The molecular weight excluding hydrogens is 362 g/mol. The topological polar surface area (TPSA) is 78.5 Å². The molecule has 23 heavy (non-hydrogen) atoms. The highest BCUT2D eigenvalue weighted by atomic mass is 79.9. The number of imide groups is 1. The Hall–Kier alpha value is -1.89. The molecule has 4 amide bonds. The Balaban J connectivity index is 1.99. The lowest BCUT2D eigenvalue weighted by Crippen LogP contribution is -2.38. The number of nitrogens with zero attached hydrogens (tertiary/aromatic N) is 1. The zero-order chi connectivity index (χ0) is 17.1. The van der Waals surface area contributed by atoms with Crippen LogP contribution < -0.4 is 10.6 Å². The molecule has 1 fully saturated rings. The second kappa shape index (κ2) is 7.12. The molecule has 1 saturated heterocycles. The van der Waals surface area contributed by atoms with Gasteiger partial charge in [-0.3, -0.25) is 14.5 Å². The molecule has 1 atom stereocenters. The summed E-state index contributed by atoms with van der Waals surface area (Å²) in [6.45, 7) is 5.54. The van der Waals surface area contributed by atoms with Gasteiger partial charge in [0.25, 0.3) is 5.91 Å². The zero-order valence-electron chi connectivity index (χ0n) is 13.4. The lowest BCUT2D eigenvalue weighted by Gasteiger charge is -2.14. The van der Waals surface area contributed by atoms with Crippen LogP contribution in [-0.2, 0) is 9.59 Å². The van der Waals surface area contributed by atoms with E-state index in [1.165, 1.54) is 0 Å². The molecule has 1 heterocycles. The van der Waals surface area contributed by atoms with Gasteiger partial charge in [-0.15, -0.1) is 0 Å². The maximum Gasteiger partial charge on any atom is 0.325 e. The molecule has 1 unspecified atom stereocenters. The summed E-state index contributed by atoms with van der Waals surface area (Å²) in [6, 6.07) is 4.41. The Kier molecular flexibility index (Phi) is 5.41. The van der Waals surface area contributed by atoms with E-state index < -0.39 is 18.0 Å². The van der Waals surface area contributed by atoms with E-state index in [1.54, 1.807) is 6.07 Å². The molecule has 0 aromatic heterocycles. The van der Waals surface area contributed by atoms with Gasteiger partial charge in [-0.25, -0.2) is 4.79 Å². The van der Waals surface area contributed by atoms with E-state index in [4.69, 9.17) is 0 Å². The summed E-state index contributed by atoms with van der Waals surface area (Å²) < 4.78 is 0.915. The van der Waals surface area contributed by atoms with Crippen molar-refractivity contribution in [1.82, 2.24) is 10.2 Å². The highest BCUT2D eigenvalue weighted by Gasteiger charge is 2.38. The zero-order valence-corrected chi connectivity index (χ0v) is 14.9. The summed E-state index contributed by atoms with van der Waals surface area (Å²) in [5.74, 6) is -0.459. The third-order valence-electron chi connectivity index (χ3n) is 3.58. The van der Waals surface area contributed by atoms with Gasteiger partial charge in [-0.05, 0) is 43.0 Å². The van der Waals surface area contributed by atoms with Crippen LogP contribution in [0.3, 0.4) is 0 Å². The molecule has 1 aliphatic heterocycles. The number of hydrogen-bond donors (Lipinski definition) is 2. The summed E-state index contributed by atoms with van der Waals surface area (Å²) in [4.78, 5) is 37.2. The van der Waals surface area contributed by atoms with Crippen LogP contribution >= 0.6 is 15.9 Å². The van der Waals surface area contributed by atoms with Crippen molar-refractivity contribution in [2.24, 2.45) is 5.92 Å². The van der Waals surface area contributed by atoms with Gasteiger partial charge in [0.05, 0.1) is 0 Å². The molecule has 0 radical (unpaired) electrons. The molecule has 0 bridgehead atoms. The van der Waals surface area contributed by atoms with Crippen molar-refractivity contribution in [3.63, 3.8) is 0 Å². The molecule has 0 aliphatic carbocycles. The number of anilines is 1. The fourth-order valence-corrected chi connectivity index (χ4v) is 2.93. The van der Waals surface area contributed by atoms with Gasteiger partial charge in [-0.2, -0.15) is 0 Å². The molecular formula is C16H20BrN3O3. The fourth-order valence-electron chi connectivity index (χ4n) is 2.46. The lowest BCUT2D eigenvalue weighted by molar-refractivity contribution is -0.131. The third-order valence-corrected chi connectivity index (χ3v) is 4.07. The Morgan fingerprint density at radius 3 is 2.70 bits per heavy atom. The van der Waals surface area contributed by atoms with E-state index in [0.29, 0.717) is 12.1 Å². The number of hydrogen-bond acceptors (Lipinski definition) is 3. The largest absolute Gasteiger partial charge is 0.326 e. The molecule has 2 N–H and O–H groups in total. The second-order valence-electron chi connectivity index (χ2n) is 6.06. The first-order valence-corrected chi connectivity index (χ1v) is 8.25. The van der Waals surface area contributed by atoms with Crippen LogP contribution in [0.1, 0.15) is 25.8 Å². The number of carbonyl (C=O) groups excluding carboxylic acids is 3. The van der Waals surface area contributed by atoms with Crippen LogP contribution in [0.4, 0.5) is 10.5 Å². The minimum absolute atomic E-state index is 0.281. The van der Waals surface area contributed by atoms with E-state index in [0.717, 1.165) is 14.9 Å². The van der Waals surface area contributed by atoms with Gasteiger partial charge < -0.3 is 10.6 Å². The van der Waals surface area contributed by atoms with Crippen LogP contribution in [0.25, 0.3) is 0 Å². The lowest BCUT2D eigenvalue weighted by atomic mass is 10.0. The summed E-state index contributed by atoms with van der Waals surface area (Å²) in [6.07, 6.45) is 0.564. The summed E-state index contributed by atoms with van der Waals surface area (Å²) in [7, 11) is 0. The maximum atomic E-state index is 12.2. The van der Waals surface area contributed by atoms with Crippen molar-refractivity contribution in [3.8, 4) is 0 Å². The van der Waals surface area contributed by atoms with Crippen molar-refractivity contribution < 1.29 is 14.4 Å². The second-order valence-corrected chi connectivity index (χ2v) is 6.98. The average molecular weight is 382 g/mol. The van der Waals surface area contributed by atoms with Gasteiger partial charge in [0.2, 0.25) is 5.91 Å². The smallest absolute Gasteiger partial charge is 0.325 e. The molecule has 0 spiro atoms. The quantitative estimate of drug-likeness (QED) is 0.769. The minimum Gasteiger partial charge on any atom is -0.326 e. The SMILES string of the molecule is Cc1cc(Br)ccc1NC(=O)CN1C(=O)NC(CC(C)C)C1=O. The number of nitrogens with one attached hydrogen (secondary N) is 2. The molecule has 2 rings (SSSR count). The average Bonchev–Trinajstić information content (AvgIpc) is 2.69. The van der Waals surface area contributed by atoms with Crippen molar-refractivity contribution in [2.75, 3.05) is 11.9 Å². The predicted octanol–water partition coefficient (Wildman–Crippen LogP) is 2.66. The van der Waals surface area contributed by atoms with E-state index in [-0.39, 0.29) is 18.4 Å². The van der Waals surface area contributed by atoms with Crippen LogP contribution in [0.2, 0.25) is 0 Å². The van der Waals surface area contributed by atoms with E-state index >= 15 is 0 Å². The summed E-state index contributed by atoms with van der Waals surface area (Å²) in [5, 5.41) is 5.35. The van der Waals surface area contributed by atoms with E-state index in [1.807, 2.05) is 32.9 Å². The Morgan fingerprint density at radius 2 is 2.09 bits per heavy atom. The number of aryl methyl sites for hydroxylation is 1. The van der Waals surface area contributed by atoms with E-state index in [9.17, 15) is 14.4 Å². The van der Waals surface area contributed by atoms with Crippen molar-refractivity contribution in [3.05, 3.63) is 28.2 Å². The molecule has 6 nitrogen and oxygen atoms in total. The number of carbonyl (C=O) groups is 3. The standard InChI is InChI=1S/C16H20BrN3O3/c1-9(2)6-13-15(22)20(16(23)19-13)8-14(21)18-12-5-4-11(17)7-10(12)3/h4-5,7,9,13H,6,8H2,1-3H3,(H,18,21)(H,19,23). The van der Waals surface area contributed by atoms with E-state index in [2.05, 4.69) is 26.6 Å². The number of benzene rings is 1. The summed E-state index contributed by atoms with van der Waals surface area (Å²) in [5.41, 5.74) is 1.55. The molecule has 0 saturated carbocycles. The maximum absolute atomic E-state index is 12.2. The fraction of sp³-hybridized carbons (Fsp3) is 0.438. The van der Waals surface area contributed by atoms with Crippen molar-refractivity contribution in [1.29, 1.82) is 0 Å². The Bertz CT molecular complexity index is 645. The predicted molar refractivity (Wildman–Crippen MR) is 91.0 cm³/mol. The molecule has 1 aromatic rings. The van der Waals surface area contributed by atoms with Gasteiger partial charge in [0, 0.05) is 10.2 Å². The summed E-state index contributed by atoms with van der Waals surface area (Å²) >= 11 is 3.36. The Morgan fingerprint density at radius 1 is 1.39 bits per heavy atom. The monoisotopic (exact) mass is 381 g/mol. The number of urea groups is 1.